The molecular weight excluding hydrogens is 170 g/mol. The number of nitrogens with two attached hydrogens (primary N) is 1. The Kier molecular flexibility index (Phi) is 2.01. The average molecular weight is 179 g/mol. The van der Waals surface area contributed by atoms with Crippen molar-refractivity contribution in [1.29, 1.82) is 0 Å². The van der Waals surface area contributed by atoms with Gasteiger partial charge in [-0.05, 0) is 18.0 Å². The lowest BCUT2D eigenvalue weighted by Crippen LogP contribution is -2.04. The van der Waals surface area contributed by atoms with Crippen molar-refractivity contribution >= 4 is 21.6 Å². The number of hydrogen-bond donors (Lipinski definition) is 1. The predicted octanol–water partition coefficient (Wildman–Crippen LogP) is 1.19. The van der Waals surface area contributed by atoms with Crippen LogP contribution in [0.5, 0.6) is 0 Å². The lowest BCUT2D eigenvalue weighted by molar-refractivity contribution is 0.929. The zero-order valence-electron chi connectivity index (χ0n) is 6.53. The Balaban J connectivity index is 2.57. The van der Waals surface area contributed by atoms with E-state index >= 15 is 0 Å². The fraction of sp³-hybridized carbons (Fsp3) is 0.250. The standard InChI is InChI=1S/C8H9N3S/c9-3-1-6-8-7(2-4-12-8)11-5-10-6/h2,4-5H,1,3,9H2. The van der Waals surface area contributed by atoms with Crippen molar-refractivity contribution in [2.75, 3.05) is 6.54 Å². The summed E-state index contributed by atoms with van der Waals surface area (Å²) >= 11 is 1.67. The van der Waals surface area contributed by atoms with Gasteiger partial charge in [0.2, 0.25) is 0 Å². The summed E-state index contributed by atoms with van der Waals surface area (Å²) in [4.78, 5) is 8.33. The van der Waals surface area contributed by atoms with Gasteiger partial charge in [0, 0.05) is 6.42 Å². The minimum absolute atomic E-state index is 0.643. The van der Waals surface area contributed by atoms with Crippen molar-refractivity contribution in [1.82, 2.24) is 9.97 Å². The van der Waals surface area contributed by atoms with Crippen molar-refractivity contribution in [2.24, 2.45) is 5.73 Å². The third-order valence-corrected chi connectivity index (χ3v) is 2.65. The van der Waals surface area contributed by atoms with Gasteiger partial charge in [0.15, 0.2) is 0 Å². The largest absolute Gasteiger partial charge is 0.330 e. The molecule has 0 saturated heterocycles. The summed E-state index contributed by atoms with van der Waals surface area (Å²) in [6, 6.07) is 2.00. The SMILES string of the molecule is NCCc1ncnc2ccsc12. The van der Waals surface area contributed by atoms with E-state index in [0.717, 1.165) is 17.6 Å². The molecule has 0 atom stereocenters. The van der Waals surface area contributed by atoms with Gasteiger partial charge in [-0.3, -0.25) is 0 Å². The fourth-order valence-corrected chi connectivity index (χ4v) is 2.02. The molecule has 0 amide bonds. The molecule has 12 heavy (non-hydrogen) atoms. The highest BCUT2D eigenvalue weighted by Crippen LogP contribution is 2.20. The first-order chi connectivity index (χ1) is 5.92. The van der Waals surface area contributed by atoms with Gasteiger partial charge in [-0.15, -0.1) is 11.3 Å². The molecule has 0 aliphatic heterocycles. The first-order valence-electron chi connectivity index (χ1n) is 3.79. The van der Waals surface area contributed by atoms with Crippen LogP contribution in [0.2, 0.25) is 0 Å². The number of rotatable bonds is 2. The summed E-state index contributed by atoms with van der Waals surface area (Å²) in [6.45, 7) is 0.643. The Morgan fingerprint density at radius 3 is 3.17 bits per heavy atom. The lowest BCUT2D eigenvalue weighted by atomic mass is 10.3. The summed E-state index contributed by atoms with van der Waals surface area (Å²) in [6.07, 6.45) is 2.43. The second-order valence-electron chi connectivity index (χ2n) is 2.49. The molecule has 0 radical (unpaired) electrons. The molecule has 0 spiro atoms. The molecule has 3 nitrogen and oxygen atoms in total. The zero-order valence-corrected chi connectivity index (χ0v) is 7.34. The molecule has 0 aliphatic carbocycles. The quantitative estimate of drug-likeness (QED) is 0.753. The second kappa shape index (κ2) is 3.16. The van der Waals surface area contributed by atoms with Crippen molar-refractivity contribution in [3.8, 4) is 0 Å². The summed E-state index contributed by atoms with van der Waals surface area (Å²) in [7, 11) is 0. The molecule has 62 valence electrons. The lowest BCUT2D eigenvalue weighted by Gasteiger charge is -1.97. The molecule has 0 aliphatic rings. The summed E-state index contributed by atoms with van der Waals surface area (Å²) in [5, 5.41) is 2.03. The molecule has 2 aromatic rings. The van der Waals surface area contributed by atoms with E-state index < -0.39 is 0 Å². The van der Waals surface area contributed by atoms with Gasteiger partial charge in [-0.1, -0.05) is 0 Å². The van der Waals surface area contributed by atoms with Crippen LogP contribution in [0.3, 0.4) is 0 Å². The van der Waals surface area contributed by atoms with Gasteiger partial charge in [-0.2, -0.15) is 0 Å². The van der Waals surface area contributed by atoms with E-state index in [0.29, 0.717) is 6.54 Å². The molecular formula is C8H9N3S. The average Bonchev–Trinajstić information content (AvgIpc) is 2.53. The Morgan fingerprint density at radius 1 is 1.42 bits per heavy atom. The van der Waals surface area contributed by atoms with Gasteiger partial charge in [0.05, 0.1) is 15.9 Å². The van der Waals surface area contributed by atoms with E-state index in [2.05, 4.69) is 9.97 Å². The molecule has 0 fully saturated rings. The Hall–Kier alpha value is -1.000. The highest BCUT2D eigenvalue weighted by atomic mass is 32.1. The molecule has 0 bridgehead atoms. The van der Waals surface area contributed by atoms with Crippen LogP contribution in [0.1, 0.15) is 5.69 Å². The maximum Gasteiger partial charge on any atom is 0.116 e. The van der Waals surface area contributed by atoms with Crippen LogP contribution in [0.25, 0.3) is 10.2 Å². The van der Waals surface area contributed by atoms with Gasteiger partial charge in [-0.25, -0.2) is 9.97 Å². The van der Waals surface area contributed by atoms with Gasteiger partial charge in [0.1, 0.15) is 6.33 Å². The Morgan fingerprint density at radius 2 is 2.33 bits per heavy atom. The van der Waals surface area contributed by atoms with Crippen LogP contribution >= 0.6 is 11.3 Å². The highest BCUT2D eigenvalue weighted by molar-refractivity contribution is 7.17. The van der Waals surface area contributed by atoms with Crippen LogP contribution in [0, 0.1) is 0 Å². The van der Waals surface area contributed by atoms with Gasteiger partial charge >= 0.3 is 0 Å². The molecule has 2 aromatic heterocycles. The Labute approximate surface area is 74.3 Å². The molecule has 2 N–H and O–H groups in total. The van der Waals surface area contributed by atoms with Gasteiger partial charge in [0.25, 0.3) is 0 Å². The van der Waals surface area contributed by atoms with Crippen molar-refractivity contribution in [3.05, 3.63) is 23.5 Å². The number of thiophene rings is 1. The molecule has 0 aromatic carbocycles. The number of hydrogen-bond acceptors (Lipinski definition) is 4. The third-order valence-electron chi connectivity index (χ3n) is 1.70. The van der Waals surface area contributed by atoms with Crippen LogP contribution in [-0.2, 0) is 6.42 Å². The molecule has 2 rings (SSSR count). The van der Waals surface area contributed by atoms with Crippen molar-refractivity contribution < 1.29 is 0 Å². The number of aromatic nitrogens is 2. The van der Waals surface area contributed by atoms with Crippen LogP contribution in [0.4, 0.5) is 0 Å². The van der Waals surface area contributed by atoms with E-state index in [4.69, 9.17) is 5.73 Å². The van der Waals surface area contributed by atoms with E-state index in [-0.39, 0.29) is 0 Å². The summed E-state index contributed by atoms with van der Waals surface area (Å²) in [5.41, 5.74) is 7.56. The summed E-state index contributed by atoms with van der Waals surface area (Å²) < 4.78 is 1.17. The number of nitrogens with zero attached hydrogens (tertiary/aromatic N) is 2. The minimum atomic E-state index is 0.643. The zero-order chi connectivity index (χ0) is 8.39. The monoisotopic (exact) mass is 179 g/mol. The van der Waals surface area contributed by atoms with Crippen molar-refractivity contribution in [2.45, 2.75) is 6.42 Å². The van der Waals surface area contributed by atoms with Crippen LogP contribution < -0.4 is 5.73 Å². The van der Waals surface area contributed by atoms with E-state index in [1.807, 2.05) is 11.4 Å². The molecule has 2 heterocycles. The van der Waals surface area contributed by atoms with E-state index in [1.54, 1.807) is 17.7 Å². The highest BCUT2D eigenvalue weighted by Gasteiger charge is 2.02. The van der Waals surface area contributed by atoms with E-state index in [9.17, 15) is 0 Å². The van der Waals surface area contributed by atoms with Crippen molar-refractivity contribution in [3.63, 3.8) is 0 Å². The maximum atomic E-state index is 5.46. The Bertz CT molecular complexity index is 382. The first kappa shape index (κ1) is 7.64. The van der Waals surface area contributed by atoms with Crippen LogP contribution in [-0.4, -0.2) is 16.5 Å². The molecule has 0 unspecified atom stereocenters. The maximum absolute atomic E-state index is 5.46. The number of fused-ring (bicyclic) bond motifs is 1. The van der Waals surface area contributed by atoms with E-state index in [1.165, 1.54) is 4.70 Å². The summed E-state index contributed by atoms with van der Waals surface area (Å²) in [5.74, 6) is 0. The predicted molar refractivity (Wildman–Crippen MR) is 50.2 cm³/mol. The fourth-order valence-electron chi connectivity index (χ4n) is 1.15. The minimum Gasteiger partial charge on any atom is -0.330 e. The van der Waals surface area contributed by atoms with Gasteiger partial charge < -0.3 is 5.73 Å². The smallest absolute Gasteiger partial charge is 0.116 e. The molecule has 0 saturated carbocycles. The molecule has 4 heteroatoms. The third kappa shape index (κ3) is 1.19. The first-order valence-corrected chi connectivity index (χ1v) is 4.67. The topological polar surface area (TPSA) is 51.8 Å². The van der Waals surface area contributed by atoms with Crippen LogP contribution in [0.15, 0.2) is 17.8 Å². The normalized spacial score (nSPS) is 10.8. The second-order valence-corrected chi connectivity index (χ2v) is 3.41.